The quantitative estimate of drug-likeness (QED) is 0.786. The Balaban J connectivity index is 2.30. The average Bonchev–Trinajstić information content (AvgIpc) is 2.72. The summed E-state index contributed by atoms with van der Waals surface area (Å²) < 4.78 is 12.3. The van der Waals surface area contributed by atoms with Gasteiger partial charge in [0.15, 0.2) is 5.12 Å². The molecule has 6 heteroatoms. The van der Waals surface area contributed by atoms with Gasteiger partial charge in [-0.25, -0.2) is 0 Å². The fraction of sp³-hybridized carbons (Fsp3) is 0.526. The molecular weight excluding hydrogens is 333 g/mol. The molecule has 2 N–H and O–H groups in total. The first-order valence-corrected chi connectivity index (χ1v) is 9.61. The van der Waals surface area contributed by atoms with E-state index in [1.807, 2.05) is 39.8 Å². The molecule has 0 radical (unpaired) electrons. The molecule has 1 fully saturated rings. The summed E-state index contributed by atoms with van der Waals surface area (Å²) >= 11 is 1.27. The highest BCUT2D eigenvalue weighted by Gasteiger charge is 2.52. The van der Waals surface area contributed by atoms with Crippen molar-refractivity contribution in [2.75, 3.05) is 12.3 Å². The zero-order valence-electron chi connectivity index (χ0n) is 15.8. The standard InChI is InChI=1S/C19H28BNO3S/c1-14(22)25-13-17(20-23-18(2,3)19(4,5)24-20)12-16-8-6-7-15(11-16)9-10-21/h6-8,11-12H,9-10,13,21H2,1-5H3. The number of nitrogens with two attached hydrogens (primary N) is 1. The summed E-state index contributed by atoms with van der Waals surface area (Å²) in [5.41, 5.74) is 8.08. The van der Waals surface area contributed by atoms with Gasteiger partial charge < -0.3 is 15.0 Å². The molecule has 136 valence electrons. The minimum atomic E-state index is -0.449. The molecule has 0 saturated carbocycles. The van der Waals surface area contributed by atoms with Crippen molar-refractivity contribution < 1.29 is 14.1 Å². The highest BCUT2D eigenvalue weighted by molar-refractivity contribution is 8.13. The third kappa shape index (κ3) is 5.20. The second-order valence-electron chi connectivity index (χ2n) is 7.37. The van der Waals surface area contributed by atoms with E-state index in [0.29, 0.717) is 12.3 Å². The molecule has 1 aromatic carbocycles. The van der Waals surface area contributed by atoms with Crippen LogP contribution in [0.3, 0.4) is 0 Å². The van der Waals surface area contributed by atoms with Crippen LogP contribution < -0.4 is 5.73 Å². The van der Waals surface area contributed by atoms with Crippen molar-refractivity contribution in [2.45, 2.75) is 52.2 Å². The van der Waals surface area contributed by atoms with Gasteiger partial charge in [-0.15, -0.1) is 0 Å². The summed E-state index contributed by atoms with van der Waals surface area (Å²) in [6.07, 6.45) is 2.91. The van der Waals surface area contributed by atoms with Gasteiger partial charge in [0.05, 0.1) is 11.2 Å². The maximum Gasteiger partial charge on any atom is 0.491 e. The molecule has 0 amide bonds. The molecule has 1 aliphatic rings. The summed E-state index contributed by atoms with van der Waals surface area (Å²) in [4.78, 5) is 11.4. The SMILES string of the molecule is CC(=O)SCC(=Cc1cccc(CCN)c1)B1OC(C)(C)C(C)(C)O1. The molecule has 0 aromatic heterocycles. The van der Waals surface area contributed by atoms with E-state index in [1.165, 1.54) is 17.3 Å². The zero-order valence-corrected chi connectivity index (χ0v) is 16.6. The first kappa shape index (κ1) is 20.2. The Morgan fingerprint density at radius 2 is 1.88 bits per heavy atom. The largest absolute Gasteiger partial charge is 0.491 e. The summed E-state index contributed by atoms with van der Waals surface area (Å²) in [7, 11) is -0.449. The van der Waals surface area contributed by atoms with E-state index in [1.54, 1.807) is 6.92 Å². The van der Waals surface area contributed by atoms with Crippen LogP contribution in [0.25, 0.3) is 6.08 Å². The smallest absolute Gasteiger partial charge is 0.400 e. The lowest BCUT2D eigenvalue weighted by Gasteiger charge is -2.32. The van der Waals surface area contributed by atoms with Crippen molar-refractivity contribution in [1.29, 1.82) is 0 Å². The molecule has 2 rings (SSSR count). The monoisotopic (exact) mass is 361 g/mol. The number of thioether (sulfide) groups is 1. The predicted molar refractivity (Wildman–Crippen MR) is 106 cm³/mol. The lowest BCUT2D eigenvalue weighted by molar-refractivity contribution is -0.109. The predicted octanol–water partition coefficient (Wildman–Crippen LogP) is 3.48. The average molecular weight is 361 g/mol. The second kappa shape index (κ2) is 8.08. The number of rotatable bonds is 6. The molecule has 0 bridgehead atoms. The first-order valence-electron chi connectivity index (χ1n) is 8.63. The number of carbonyl (C=O) groups is 1. The van der Waals surface area contributed by atoms with Crippen molar-refractivity contribution in [3.8, 4) is 0 Å². The van der Waals surface area contributed by atoms with E-state index < -0.39 is 18.3 Å². The highest BCUT2D eigenvalue weighted by Crippen LogP contribution is 2.39. The third-order valence-corrected chi connectivity index (χ3v) is 5.62. The normalized spacial score (nSPS) is 19.3. The second-order valence-corrected chi connectivity index (χ2v) is 8.52. The summed E-state index contributed by atoms with van der Waals surface area (Å²) in [5, 5.41) is 0.0827. The molecule has 0 atom stereocenters. The van der Waals surface area contributed by atoms with Gasteiger partial charge in [0.2, 0.25) is 0 Å². The lowest BCUT2D eigenvalue weighted by atomic mass is 9.78. The number of hydrogen-bond acceptors (Lipinski definition) is 5. The molecule has 25 heavy (non-hydrogen) atoms. The number of benzene rings is 1. The van der Waals surface area contributed by atoms with Crippen molar-refractivity contribution in [3.63, 3.8) is 0 Å². The van der Waals surface area contributed by atoms with E-state index in [9.17, 15) is 4.79 Å². The third-order valence-electron chi connectivity index (χ3n) is 4.73. The molecule has 1 aliphatic heterocycles. The van der Waals surface area contributed by atoms with Gasteiger partial charge >= 0.3 is 7.12 Å². The van der Waals surface area contributed by atoms with Gasteiger partial charge in [-0.3, -0.25) is 4.79 Å². The molecular formula is C19H28BNO3S. The minimum absolute atomic E-state index is 0.0827. The van der Waals surface area contributed by atoms with Gasteiger partial charge in [-0.2, -0.15) is 0 Å². The van der Waals surface area contributed by atoms with Crippen LogP contribution in [0.1, 0.15) is 45.7 Å². The molecule has 0 unspecified atom stereocenters. The first-order chi connectivity index (χ1) is 11.6. The topological polar surface area (TPSA) is 61.6 Å². The van der Waals surface area contributed by atoms with Gasteiger partial charge in [0.1, 0.15) is 0 Å². The zero-order chi connectivity index (χ0) is 18.7. The number of hydrogen-bond donors (Lipinski definition) is 1. The number of carbonyl (C=O) groups excluding carboxylic acids is 1. The lowest BCUT2D eigenvalue weighted by Crippen LogP contribution is -2.41. The molecule has 1 saturated heterocycles. The fourth-order valence-corrected chi connectivity index (χ4v) is 3.17. The van der Waals surface area contributed by atoms with Crippen LogP contribution in [0.2, 0.25) is 0 Å². The van der Waals surface area contributed by atoms with Gasteiger partial charge in [-0.1, -0.05) is 42.1 Å². The van der Waals surface area contributed by atoms with Crippen molar-refractivity contribution in [2.24, 2.45) is 5.73 Å². The summed E-state index contributed by atoms with van der Waals surface area (Å²) in [6.45, 7) is 10.3. The maximum absolute atomic E-state index is 11.4. The van der Waals surface area contributed by atoms with Crippen molar-refractivity contribution in [1.82, 2.24) is 0 Å². The molecule has 1 heterocycles. The van der Waals surface area contributed by atoms with Crippen LogP contribution in [-0.2, 0) is 20.5 Å². The van der Waals surface area contributed by atoms with Crippen LogP contribution in [0.15, 0.2) is 29.7 Å². The summed E-state index contributed by atoms with van der Waals surface area (Å²) in [6, 6.07) is 8.26. The van der Waals surface area contributed by atoms with Gasteiger partial charge in [-0.05, 0) is 57.3 Å². The maximum atomic E-state index is 11.4. The van der Waals surface area contributed by atoms with Crippen molar-refractivity contribution >= 4 is 30.1 Å². The van der Waals surface area contributed by atoms with E-state index in [2.05, 4.69) is 18.2 Å². The van der Waals surface area contributed by atoms with Gasteiger partial charge in [0.25, 0.3) is 0 Å². The minimum Gasteiger partial charge on any atom is -0.400 e. The Labute approximate surface area is 155 Å². The highest BCUT2D eigenvalue weighted by atomic mass is 32.2. The fourth-order valence-electron chi connectivity index (χ4n) is 2.58. The molecule has 1 aromatic rings. The molecule has 0 spiro atoms. The Bertz CT molecular complexity index is 642. The van der Waals surface area contributed by atoms with Gasteiger partial charge in [0, 0.05) is 12.7 Å². The Hall–Kier alpha value is -1.08. The van der Waals surface area contributed by atoms with E-state index in [-0.39, 0.29) is 5.12 Å². The van der Waals surface area contributed by atoms with E-state index >= 15 is 0 Å². The molecule has 0 aliphatic carbocycles. The van der Waals surface area contributed by atoms with Crippen LogP contribution >= 0.6 is 11.8 Å². The van der Waals surface area contributed by atoms with Crippen LogP contribution in [0.5, 0.6) is 0 Å². The Morgan fingerprint density at radius 1 is 1.24 bits per heavy atom. The van der Waals surface area contributed by atoms with Crippen LogP contribution in [0, 0.1) is 0 Å². The Kier molecular flexibility index (Phi) is 6.54. The molecule has 4 nitrogen and oxygen atoms in total. The van der Waals surface area contributed by atoms with Crippen molar-refractivity contribution in [3.05, 3.63) is 40.9 Å². The van der Waals surface area contributed by atoms with Crippen LogP contribution in [0.4, 0.5) is 0 Å². The summed E-state index contributed by atoms with van der Waals surface area (Å²) in [5.74, 6) is 0.549. The Morgan fingerprint density at radius 3 is 2.44 bits per heavy atom. The van der Waals surface area contributed by atoms with E-state index in [0.717, 1.165) is 17.5 Å². The van der Waals surface area contributed by atoms with E-state index in [4.69, 9.17) is 15.0 Å². The van der Waals surface area contributed by atoms with Crippen LogP contribution in [-0.4, -0.2) is 35.7 Å².